The van der Waals surface area contributed by atoms with Gasteiger partial charge in [-0.15, -0.1) is 0 Å². The molecule has 0 N–H and O–H groups in total. The highest BCUT2D eigenvalue weighted by molar-refractivity contribution is 5.80. The third-order valence-corrected chi connectivity index (χ3v) is 3.10. The first-order valence-corrected chi connectivity index (χ1v) is 5.97. The minimum absolute atomic E-state index is 0.0808. The van der Waals surface area contributed by atoms with Gasteiger partial charge < -0.3 is 9.64 Å². The second-order valence-corrected chi connectivity index (χ2v) is 4.24. The van der Waals surface area contributed by atoms with E-state index in [4.69, 9.17) is 4.74 Å². The Morgan fingerprint density at radius 3 is 3.12 bits per heavy atom. The topological polar surface area (TPSA) is 60.2 Å². The van der Waals surface area contributed by atoms with Crippen molar-refractivity contribution in [1.82, 2.24) is 19.7 Å². The van der Waals surface area contributed by atoms with Gasteiger partial charge in [0.2, 0.25) is 5.91 Å². The number of rotatable bonds is 3. The second-order valence-electron chi connectivity index (χ2n) is 4.24. The molecule has 17 heavy (non-hydrogen) atoms. The molecule has 0 saturated carbocycles. The molecule has 0 aliphatic carbocycles. The van der Waals surface area contributed by atoms with Gasteiger partial charge in [0.25, 0.3) is 0 Å². The molecule has 0 spiro atoms. The normalized spacial score (nSPS) is 22.5. The molecular weight excluding hydrogens is 220 g/mol. The highest BCUT2D eigenvalue weighted by atomic mass is 16.5. The van der Waals surface area contributed by atoms with E-state index in [1.165, 1.54) is 6.33 Å². The summed E-state index contributed by atoms with van der Waals surface area (Å²) in [6, 6.07) is -0.298. The summed E-state index contributed by atoms with van der Waals surface area (Å²) in [7, 11) is 0. The van der Waals surface area contributed by atoms with Gasteiger partial charge in [0, 0.05) is 13.1 Å². The standard InChI is InChI=1S/C11H18N4O2/c1-3-10-6-14(4-5-17-10)11(16)9(2)15-8-12-7-13-15/h7-10H,3-6H2,1-2H3/t9-,10+/m1/s1. The molecule has 1 aromatic heterocycles. The monoisotopic (exact) mass is 238 g/mol. The fraction of sp³-hybridized carbons (Fsp3) is 0.727. The Morgan fingerprint density at radius 2 is 2.47 bits per heavy atom. The minimum atomic E-state index is -0.298. The quantitative estimate of drug-likeness (QED) is 0.768. The van der Waals surface area contributed by atoms with Crippen molar-refractivity contribution in [3.05, 3.63) is 12.7 Å². The van der Waals surface area contributed by atoms with E-state index in [2.05, 4.69) is 17.0 Å². The smallest absolute Gasteiger partial charge is 0.247 e. The Morgan fingerprint density at radius 1 is 1.65 bits per heavy atom. The molecule has 0 radical (unpaired) electrons. The fourth-order valence-corrected chi connectivity index (χ4v) is 1.96. The molecule has 1 saturated heterocycles. The molecule has 1 amide bonds. The number of carbonyl (C=O) groups excluding carboxylic acids is 1. The van der Waals surface area contributed by atoms with E-state index in [0.717, 1.165) is 6.42 Å². The van der Waals surface area contributed by atoms with Crippen LogP contribution in [0.3, 0.4) is 0 Å². The van der Waals surface area contributed by atoms with E-state index >= 15 is 0 Å². The number of carbonyl (C=O) groups is 1. The summed E-state index contributed by atoms with van der Waals surface area (Å²) in [6.45, 7) is 5.87. The van der Waals surface area contributed by atoms with Gasteiger partial charge in [0.15, 0.2) is 0 Å². The van der Waals surface area contributed by atoms with Crippen molar-refractivity contribution in [3.63, 3.8) is 0 Å². The third kappa shape index (κ3) is 2.63. The maximum absolute atomic E-state index is 12.2. The molecule has 94 valence electrons. The Labute approximate surface area is 101 Å². The van der Waals surface area contributed by atoms with Crippen LogP contribution >= 0.6 is 0 Å². The molecule has 0 unspecified atom stereocenters. The van der Waals surface area contributed by atoms with Crippen molar-refractivity contribution in [1.29, 1.82) is 0 Å². The molecule has 0 aromatic carbocycles. The molecule has 1 aliphatic heterocycles. The number of amides is 1. The van der Waals surface area contributed by atoms with E-state index in [1.807, 2.05) is 11.8 Å². The van der Waals surface area contributed by atoms with Crippen LogP contribution in [0.5, 0.6) is 0 Å². The van der Waals surface area contributed by atoms with Crippen LogP contribution in [0, 0.1) is 0 Å². The number of morpholine rings is 1. The minimum Gasteiger partial charge on any atom is -0.375 e. The zero-order chi connectivity index (χ0) is 12.3. The van der Waals surface area contributed by atoms with Crippen LogP contribution < -0.4 is 0 Å². The molecular formula is C11H18N4O2. The molecule has 6 nitrogen and oxygen atoms in total. The summed E-state index contributed by atoms with van der Waals surface area (Å²) in [6.07, 6.45) is 4.11. The van der Waals surface area contributed by atoms with E-state index < -0.39 is 0 Å². The van der Waals surface area contributed by atoms with Crippen molar-refractivity contribution in [2.45, 2.75) is 32.4 Å². The lowest BCUT2D eigenvalue weighted by Crippen LogP contribution is -2.47. The van der Waals surface area contributed by atoms with Crippen molar-refractivity contribution in [3.8, 4) is 0 Å². The SMILES string of the molecule is CC[C@H]1CN(C(=O)[C@@H](C)n2cncn2)CCO1. The first-order valence-electron chi connectivity index (χ1n) is 5.97. The average molecular weight is 238 g/mol. The lowest BCUT2D eigenvalue weighted by molar-refractivity contribution is -0.142. The Bertz CT molecular complexity index is 366. The van der Waals surface area contributed by atoms with E-state index in [9.17, 15) is 4.79 Å². The van der Waals surface area contributed by atoms with Crippen molar-refractivity contribution < 1.29 is 9.53 Å². The maximum Gasteiger partial charge on any atom is 0.247 e. The third-order valence-electron chi connectivity index (χ3n) is 3.10. The number of ether oxygens (including phenoxy) is 1. The summed E-state index contributed by atoms with van der Waals surface area (Å²) in [5.41, 5.74) is 0. The first-order chi connectivity index (χ1) is 8.22. The first kappa shape index (κ1) is 12.0. The molecule has 2 rings (SSSR count). The Kier molecular flexibility index (Phi) is 3.73. The molecule has 0 bridgehead atoms. The molecule has 1 fully saturated rings. The molecule has 1 aliphatic rings. The molecule has 2 atom stereocenters. The molecule has 2 heterocycles. The van der Waals surface area contributed by atoms with Crippen LogP contribution in [-0.2, 0) is 9.53 Å². The molecule has 1 aromatic rings. The van der Waals surface area contributed by atoms with Crippen molar-refractivity contribution in [2.24, 2.45) is 0 Å². The summed E-state index contributed by atoms with van der Waals surface area (Å²) in [4.78, 5) is 17.9. The lowest BCUT2D eigenvalue weighted by atomic mass is 10.2. The van der Waals surface area contributed by atoms with E-state index in [-0.39, 0.29) is 18.1 Å². The molecule has 6 heteroatoms. The Balaban J connectivity index is 1.99. The Hall–Kier alpha value is -1.43. The van der Waals surface area contributed by atoms with Gasteiger partial charge in [-0.1, -0.05) is 6.92 Å². The maximum atomic E-state index is 12.2. The van der Waals surface area contributed by atoms with Gasteiger partial charge in [-0.2, -0.15) is 5.10 Å². The number of hydrogen-bond acceptors (Lipinski definition) is 4. The predicted molar refractivity (Wildman–Crippen MR) is 61.3 cm³/mol. The van der Waals surface area contributed by atoms with Gasteiger partial charge in [0.1, 0.15) is 18.7 Å². The lowest BCUT2D eigenvalue weighted by Gasteiger charge is -2.33. The van der Waals surface area contributed by atoms with Crippen molar-refractivity contribution >= 4 is 5.91 Å². The fourth-order valence-electron chi connectivity index (χ4n) is 1.96. The predicted octanol–water partition coefficient (Wildman–Crippen LogP) is 0.477. The summed E-state index contributed by atoms with van der Waals surface area (Å²) >= 11 is 0. The van der Waals surface area contributed by atoms with Gasteiger partial charge in [-0.25, -0.2) is 9.67 Å². The van der Waals surface area contributed by atoms with Gasteiger partial charge in [-0.05, 0) is 13.3 Å². The van der Waals surface area contributed by atoms with Gasteiger partial charge in [0.05, 0.1) is 12.7 Å². The summed E-state index contributed by atoms with van der Waals surface area (Å²) in [5, 5.41) is 4.00. The van der Waals surface area contributed by atoms with Gasteiger partial charge in [-0.3, -0.25) is 4.79 Å². The zero-order valence-electron chi connectivity index (χ0n) is 10.2. The van der Waals surface area contributed by atoms with E-state index in [1.54, 1.807) is 11.0 Å². The zero-order valence-corrected chi connectivity index (χ0v) is 10.2. The van der Waals surface area contributed by atoms with Crippen LogP contribution in [0.4, 0.5) is 0 Å². The van der Waals surface area contributed by atoms with Crippen LogP contribution in [0.15, 0.2) is 12.7 Å². The summed E-state index contributed by atoms with van der Waals surface area (Å²) in [5.74, 6) is 0.0808. The van der Waals surface area contributed by atoms with Crippen LogP contribution in [0.1, 0.15) is 26.3 Å². The van der Waals surface area contributed by atoms with Crippen LogP contribution in [0.25, 0.3) is 0 Å². The van der Waals surface area contributed by atoms with E-state index in [0.29, 0.717) is 19.7 Å². The summed E-state index contributed by atoms with van der Waals surface area (Å²) < 4.78 is 7.13. The second kappa shape index (κ2) is 5.27. The average Bonchev–Trinajstić information content (AvgIpc) is 2.91. The number of nitrogens with zero attached hydrogens (tertiary/aromatic N) is 4. The largest absolute Gasteiger partial charge is 0.375 e. The highest BCUT2D eigenvalue weighted by Crippen LogP contribution is 2.13. The highest BCUT2D eigenvalue weighted by Gasteiger charge is 2.27. The van der Waals surface area contributed by atoms with Gasteiger partial charge >= 0.3 is 0 Å². The van der Waals surface area contributed by atoms with Crippen LogP contribution in [-0.4, -0.2) is 51.4 Å². The number of hydrogen-bond donors (Lipinski definition) is 0. The van der Waals surface area contributed by atoms with Crippen LogP contribution in [0.2, 0.25) is 0 Å². The van der Waals surface area contributed by atoms with Crippen molar-refractivity contribution in [2.75, 3.05) is 19.7 Å². The number of aromatic nitrogens is 3.